The summed E-state index contributed by atoms with van der Waals surface area (Å²) >= 11 is 0. The van der Waals surface area contributed by atoms with Gasteiger partial charge in [-0.15, -0.1) is 0 Å². The molecule has 0 aliphatic heterocycles. The molecule has 1 fully saturated rings. The van der Waals surface area contributed by atoms with Crippen molar-refractivity contribution in [1.82, 2.24) is 5.32 Å². The quantitative estimate of drug-likeness (QED) is 0.686. The Morgan fingerprint density at radius 3 is 2.59 bits per heavy atom. The Kier molecular flexibility index (Phi) is 4.95. The molecule has 0 bridgehead atoms. The first-order valence-corrected chi connectivity index (χ1v) is 6.66. The molecule has 0 spiro atoms. The Morgan fingerprint density at radius 2 is 2.12 bits per heavy atom. The van der Waals surface area contributed by atoms with E-state index in [4.69, 9.17) is 11.5 Å². The van der Waals surface area contributed by atoms with Crippen LogP contribution in [0.4, 0.5) is 0 Å². The van der Waals surface area contributed by atoms with E-state index in [0.29, 0.717) is 12.5 Å². The SMILES string of the molecule is CC(C)C(C)(CN)NC(=O)C1CCCC(N)C1. The lowest BCUT2D eigenvalue weighted by atomic mass is 9.83. The molecule has 1 aliphatic carbocycles. The Hall–Kier alpha value is -0.610. The molecule has 0 aromatic rings. The Labute approximate surface area is 105 Å². The minimum Gasteiger partial charge on any atom is -0.349 e. The van der Waals surface area contributed by atoms with Gasteiger partial charge in [0.15, 0.2) is 0 Å². The molecule has 5 N–H and O–H groups in total. The molecular formula is C13H27N3O. The average molecular weight is 241 g/mol. The number of nitrogens with two attached hydrogens (primary N) is 2. The summed E-state index contributed by atoms with van der Waals surface area (Å²) in [6.07, 6.45) is 3.87. The van der Waals surface area contributed by atoms with E-state index in [9.17, 15) is 4.79 Å². The van der Waals surface area contributed by atoms with Crippen molar-refractivity contribution < 1.29 is 4.79 Å². The number of hydrogen-bond donors (Lipinski definition) is 3. The first-order chi connectivity index (χ1) is 7.89. The van der Waals surface area contributed by atoms with Crippen molar-refractivity contribution in [1.29, 1.82) is 0 Å². The van der Waals surface area contributed by atoms with Gasteiger partial charge >= 0.3 is 0 Å². The van der Waals surface area contributed by atoms with Crippen molar-refractivity contribution >= 4 is 5.91 Å². The zero-order valence-electron chi connectivity index (χ0n) is 11.3. The zero-order valence-corrected chi connectivity index (χ0v) is 11.3. The summed E-state index contributed by atoms with van der Waals surface area (Å²) in [5.41, 5.74) is 11.4. The number of rotatable bonds is 4. The molecule has 1 saturated carbocycles. The van der Waals surface area contributed by atoms with Crippen LogP contribution < -0.4 is 16.8 Å². The molecule has 17 heavy (non-hydrogen) atoms. The van der Waals surface area contributed by atoms with Crippen molar-refractivity contribution in [2.45, 2.75) is 58.0 Å². The maximum Gasteiger partial charge on any atom is 0.223 e. The first kappa shape index (κ1) is 14.5. The lowest BCUT2D eigenvalue weighted by molar-refractivity contribution is -0.128. The van der Waals surface area contributed by atoms with Crippen molar-refractivity contribution in [3.63, 3.8) is 0 Å². The second kappa shape index (κ2) is 5.83. The topological polar surface area (TPSA) is 81.1 Å². The maximum atomic E-state index is 12.2. The van der Waals surface area contributed by atoms with Crippen LogP contribution in [0.15, 0.2) is 0 Å². The fourth-order valence-electron chi connectivity index (χ4n) is 2.28. The van der Waals surface area contributed by atoms with Gasteiger partial charge < -0.3 is 16.8 Å². The highest BCUT2D eigenvalue weighted by Gasteiger charge is 2.32. The molecule has 0 aromatic carbocycles. The molecule has 3 atom stereocenters. The molecule has 4 heteroatoms. The van der Waals surface area contributed by atoms with Gasteiger partial charge in [-0.3, -0.25) is 4.79 Å². The monoisotopic (exact) mass is 241 g/mol. The van der Waals surface area contributed by atoms with E-state index in [2.05, 4.69) is 19.2 Å². The van der Waals surface area contributed by atoms with Gasteiger partial charge in [-0.2, -0.15) is 0 Å². The Balaban J connectivity index is 2.58. The molecular weight excluding hydrogens is 214 g/mol. The van der Waals surface area contributed by atoms with Crippen LogP contribution in [0.3, 0.4) is 0 Å². The van der Waals surface area contributed by atoms with E-state index in [1.165, 1.54) is 0 Å². The van der Waals surface area contributed by atoms with Crippen LogP contribution in [0.5, 0.6) is 0 Å². The highest BCUT2D eigenvalue weighted by Crippen LogP contribution is 2.25. The molecule has 1 aliphatic rings. The minimum atomic E-state index is -0.307. The summed E-state index contributed by atoms with van der Waals surface area (Å²) in [7, 11) is 0. The molecule has 100 valence electrons. The first-order valence-electron chi connectivity index (χ1n) is 6.66. The van der Waals surface area contributed by atoms with Crippen LogP contribution in [0.25, 0.3) is 0 Å². The summed E-state index contributed by atoms with van der Waals surface area (Å²) in [6, 6.07) is 0.183. The fraction of sp³-hybridized carbons (Fsp3) is 0.923. The molecule has 0 aromatic heterocycles. The van der Waals surface area contributed by atoms with Crippen molar-refractivity contribution in [2.75, 3.05) is 6.54 Å². The molecule has 1 rings (SSSR count). The summed E-state index contributed by atoms with van der Waals surface area (Å²) in [5, 5.41) is 3.11. The molecule has 0 radical (unpaired) electrons. The van der Waals surface area contributed by atoms with Gasteiger partial charge in [0, 0.05) is 18.5 Å². The van der Waals surface area contributed by atoms with E-state index in [1.54, 1.807) is 0 Å². The predicted molar refractivity (Wildman–Crippen MR) is 70.4 cm³/mol. The molecule has 1 amide bonds. The highest BCUT2D eigenvalue weighted by atomic mass is 16.2. The standard InChI is InChI=1S/C13H27N3O/c1-9(2)13(3,8-14)16-12(17)10-5-4-6-11(15)7-10/h9-11H,4-8,14-15H2,1-3H3,(H,16,17). The van der Waals surface area contributed by atoms with Gasteiger partial charge in [0.05, 0.1) is 5.54 Å². The van der Waals surface area contributed by atoms with E-state index in [-0.39, 0.29) is 23.4 Å². The third-order valence-electron chi connectivity index (χ3n) is 4.19. The second-order valence-electron chi connectivity index (χ2n) is 5.89. The Morgan fingerprint density at radius 1 is 1.47 bits per heavy atom. The van der Waals surface area contributed by atoms with E-state index < -0.39 is 0 Å². The molecule has 4 nitrogen and oxygen atoms in total. The van der Waals surface area contributed by atoms with E-state index in [1.807, 2.05) is 6.92 Å². The molecule has 0 saturated heterocycles. The van der Waals surface area contributed by atoms with Gasteiger partial charge in [0.1, 0.15) is 0 Å². The van der Waals surface area contributed by atoms with Crippen LogP contribution in [-0.2, 0) is 4.79 Å². The largest absolute Gasteiger partial charge is 0.349 e. The van der Waals surface area contributed by atoms with Crippen LogP contribution in [0.1, 0.15) is 46.5 Å². The van der Waals surface area contributed by atoms with Crippen molar-refractivity contribution in [3.8, 4) is 0 Å². The van der Waals surface area contributed by atoms with Gasteiger partial charge in [-0.05, 0) is 32.1 Å². The number of carbonyl (C=O) groups excluding carboxylic acids is 1. The van der Waals surface area contributed by atoms with E-state index >= 15 is 0 Å². The molecule has 3 unspecified atom stereocenters. The summed E-state index contributed by atoms with van der Waals surface area (Å²) in [4.78, 5) is 12.2. The van der Waals surface area contributed by atoms with Gasteiger partial charge in [-0.1, -0.05) is 20.3 Å². The Bertz CT molecular complexity index is 267. The van der Waals surface area contributed by atoms with Crippen molar-refractivity contribution in [2.24, 2.45) is 23.3 Å². The summed E-state index contributed by atoms with van der Waals surface area (Å²) in [5.74, 6) is 0.527. The summed E-state index contributed by atoms with van der Waals surface area (Å²) in [6.45, 7) is 6.65. The molecule has 0 heterocycles. The summed E-state index contributed by atoms with van der Waals surface area (Å²) < 4.78 is 0. The third-order valence-corrected chi connectivity index (χ3v) is 4.19. The van der Waals surface area contributed by atoms with Gasteiger partial charge in [-0.25, -0.2) is 0 Å². The van der Waals surface area contributed by atoms with Crippen LogP contribution in [0.2, 0.25) is 0 Å². The number of hydrogen-bond acceptors (Lipinski definition) is 3. The third kappa shape index (κ3) is 3.68. The lowest BCUT2D eigenvalue weighted by Crippen LogP contribution is -2.56. The van der Waals surface area contributed by atoms with Gasteiger partial charge in [0.2, 0.25) is 5.91 Å². The zero-order chi connectivity index (χ0) is 13.1. The number of nitrogens with one attached hydrogen (secondary N) is 1. The highest BCUT2D eigenvalue weighted by molar-refractivity contribution is 5.79. The van der Waals surface area contributed by atoms with Crippen molar-refractivity contribution in [3.05, 3.63) is 0 Å². The van der Waals surface area contributed by atoms with Gasteiger partial charge in [0.25, 0.3) is 0 Å². The smallest absolute Gasteiger partial charge is 0.223 e. The van der Waals surface area contributed by atoms with Crippen LogP contribution >= 0.6 is 0 Å². The van der Waals surface area contributed by atoms with Crippen LogP contribution in [-0.4, -0.2) is 24.0 Å². The second-order valence-corrected chi connectivity index (χ2v) is 5.89. The lowest BCUT2D eigenvalue weighted by Gasteiger charge is -2.36. The normalized spacial score (nSPS) is 28.8. The maximum absolute atomic E-state index is 12.2. The minimum absolute atomic E-state index is 0.0726. The van der Waals surface area contributed by atoms with Crippen LogP contribution in [0, 0.1) is 11.8 Å². The number of amides is 1. The fourth-order valence-corrected chi connectivity index (χ4v) is 2.28. The average Bonchev–Trinajstić information content (AvgIpc) is 2.28. The predicted octanol–water partition coefficient (Wildman–Crippen LogP) is 0.994. The van der Waals surface area contributed by atoms with E-state index in [0.717, 1.165) is 25.7 Å². The number of carbonyl (C=O) groups is 1.